The molecule has 0 bridgehead atoms. The summed E-state index contributed by atoms with van der Waals surface area (Å²) in [5, 5.41) is 11.0. The molecule has 1 saturated heterocycles. The highest BCUT2D eigenvalue weighted by atomic mass is 32.2. The molecular formula is C18H19FN2O6S. The van der Waals surface area contributed by atoms with Crippen LogP contribution in [-0.4, -0.2) is 38.4 Å². The van der Waals surface area contributed by atoms with Crippen molar-refractivity contribution in [1.82, 2.24) is 4.31 Å². The van der Waals surface area contributed by atoms with Crippen LogP contribution in [0.5, 0.6) is 11.5 Å². The van der Waals surface area contributed by atoms with Crippen molar-refractivity contribution >= 4 is 15.7 Å². The smallest absolute Gasteiger partial charge is 0.270 e. The Kier molecular flexibility index (Phi) is 5.52. The van der Waals surface area contributed by atoms with Gasteiger partial charge in [0, 0.05) is 24.2 Å². The van der Waals surface area contributed by atoms with Crippen molar-refractivity contribution in [1.29, 1.82) is 0 Å². The number of nitrogens with zero attached hydrogens (tertiary/aromatic N) is 2. The average molecular weight is 410 g/mol. The SMILES string of the molecule is COc1ccc(OC)c(C2CCCN2S(=O)(=O)c2cc([N+](=O)[O-])ccc2F)c1. The van der Waals surface area contributed by atoms with Crippen LogP contribution in [0.4, 0.5) is 10.1 Å². The van der Waals surface area contributed by atoms with E-state index in [1.807, 2.05) is 0 Å². The van der Waals surface area contributed by atoms with Crippen LogP contribution in [0.2, 0.25) is 0 Å². The molecule has 150 valence electrons. The van der Waals surface area contributed by atoms with Gasteiger partial charge in [-0.25, -0.2) is 12.8 Å². The minimum Gasteiger partial charge on any atom is -0.497 e. The van der Waals surface area contributed by atoms with Crippen LogP contribution in [-0.2, 0) is 10.0 Å². The molecule has 3 rings (SSSR count). The summed E-state index contributed by atoms with van der Waals surface area (Å²) in [5.41, 5.74) is 0.100. The van der Waals surface area contributed by atoms with Crippen molar-refractivity contribution in [2.45, 2.75) is 23.8 Å². The lowest BCUT2D eigenvalue weighted by Gasteiger charge is -2.26. The summed E-state index contributed by atoms with van der Waals surface area (Å²) in [6.07, 6.45) is 1.06. The molecule has 1 aliphatic rings. The maximum atomic E-state index is 14.3. The third-order valence-electron chi connectivity index (χ3n) is 4.71. The highest BCUT2D eigenvalue weighted by Gasteiger charge is 2.39. The Morgan fingerprint density at radius 2 is 1.93 bits per heavy atom. The molecule has 0 aliphatic carbocycles. The number of ether oxygens (including phenoxy) is 2. The summed E-state index contributed by atoms with van der Waals surface area (Å²) in [5.74, 6) is -0.0251. The zero-order valence-corrected chi connectivity index (χ0v) is 16.1. The Bertz CT molecular complexity index is 1010. The lowest BCUT2D eigenvalue weighted by molar-refractivity contribution is -0.385. The minimum atomic E-state index is -4.31. The zero-order valence-electron chi connectivity index (χ0n) is 15.3. The predicted octanol–water partition coefficient (Wildman–Crippen LogP) is 3.28. The molecule has 1 aliphatic heterocycles. The van der Waals surface area contributed by atoms with Crippen LogP contribution in [0.3, 0.4) is 0 Å². The van der Waals surface area contributed by atoms with E-state index >= 15 is 0 Å². The first-order chi connectivity index (χ1) is 13.3. The second kappa shape index (κ2) is 7.72. The van der Waals surface area contributed by atoms with Gasteiger partial charge < -0.3 is 9.47 Å². The molecule has 0 radical (unpaired) electrons. The van der Waals surface area contributed by atoms with Gasteiger partial charge in [-0.05, 0) is 37.1 Å². The van der Waals surface area contributed by atoms with Gasteiger partial charge in [0.2, 0.25) is 10.0 Å². The molecular weight excluding hydrogens is 391 g/mol. The van der Waals surface area contributed by atoms with Crippen LogP contribution in [0.1, 0.15) is 24.4 Å². The van der Waals surface area contributed by atoms with Gasteiger partial charge in [0.25, 0.3) is 5.69 Å². The first-order valence-corrected chi connectivity index (χ1v) is 9.91. The molecule has 0 aromatic heterocycles. The molecule has 0 N–H and O–H groups in total. The molecule has 10 heteroatoms. The molecule has 2 aromatic carbocycles. The number of nitro groups is 1. The lowest BCUT2D eigenvalue weighted by Crippen LogP contribution is -2.31. The fraction of sp³-hybridized carbons (Fsp3) is 0.333. The summed E-state index contributed by atoms with van der Waals surface area (Å²) >= 11 is 0. The predicted molar refractivity (Wildman–Crippen MR) is 98.5 cm³/mol. The van der Waals surface area contributed by atoms with Gasteiger partial charge >= 0.3 is 0 Å². The van der Waals surface area contributed by atoms with Gasteiger partial charge in [-0.2, -0.15) is 4.31 Å². The Hall–Kier alpha value is -2.72. The number of sulfonamides is 1. The Morgan fingerprint density at radius 3 is 2.57 bits per heavy atom. The minimum absolute atomic E-state index is 0.162. The Balaban J connectivity index is 2.08. The highest BCUT2D eigenvalue weighted by Crippen LogP contribution is 2.42. The number of nitro benzene ring substituents is 1. The monoisotopic (exact) mass is 410 g/mol. The molecule has 28 heavy (non-hydrogen) atoms. The van der Waals surface area contributed by atoms with Crippen molar-refractivity contribution in [3.05, 3.63) is 57.9 Å². The van der Waals surface area contributed by atoms with E-state index in [2.05, 4.69) is 0 Å². The van der Waals surface area contributed by atoms with E-state index in [9.17, 15) is 22.9 Å². The number of non-ortho nitro benzene ring substituents is 1. The van der Waals surface area contributed by atoms with Crippen molar-refractivity contribution in [2.75, 3.05) is 20.8 Å². The standard InChI is InChI=1S/C18H19FN2O6S/c1-26-13-6-8-17(27-2)14(11-13)16-4-3-9-20(16)28(24,25)18-10-12(21(22)23)5-7-15(18)19/h5-8,10-11,16H,3-4,9H2,1-2H3. The third-order valence-corrected chi connectivity index (χ3v) is 6.63. The summed E-state index contributed by atoms with van der Waals surface area (Å²) in [6, 6.07) is 6.92. The summed E-state index contributed by atoms with van der Waals surface area (Å²) in [4.78, 5) is 9.53. The van der Waals surface area contributed by atoms with E-state index in [0.29, 0.717) is 29.9 Å². The molecule has 0 spiro atoms. The summed E-state index contributed by atoms with van der Waals surface area (Å²) in [6.45, 7) is 0.162. The Labute approximate surface area is 161 Å². The number of methoxy groups -OCH3 is 2. The van der Waals surface area contributed by atoms with Crippen LogP contribution < -0.4 is 9.47 Å². The van der Waals surface area contributed by atoms with Gasteiger partial charge in [0.1, 0.15) is 22.2 Å². The molecule has 0 saturated carbocycles. The van der Waals surface area contributed by atoms with Gasteiger partial charge in [0.15, 0.2) is 0 Å². The van der Waals surface area contributed by atoms with Crippen molar-refractivity contribution in [3.63, 3.8) is 0 Å². The van der Waals surface area contributed by atoms with Crippen molar-refractivity contribution in [2.24, 2.45) is 0 Å². The van der Waals surface area contributed by atoms with Crippen molar-refractivity contribution in [3.8, 4) is 11.5 Å². The molecule has 1 fully saturated rings. The summed E-state index contributed by atoms with van der Waals surface area (Å²) in [7, 11) is -1.34. The fourth-order valence-corrected chi connectivity index (χ4v) is 5.13. The average Bonchev–Trinajstić information content (AvgIpc) is 3.18. The largest absolute Gasteiger partial charge is 0.497 e. The second-order valence-electron chi connectivity index (χ2n) is 6.25. The van der Waals surface area contributed by atoms with Crippen LogP contribution >= 0.6 is 0 Å². The first-order valence-electron chi connectivity index (χ1n) is 8.47. The molecule has 1 heterocycles. The first kappa shape index (κ1) is 20.0. The number of hydrogen-bond donors (Lipinski definition) is 0. The topological polar surface area (TPSA) is 99.0 Å². The molecule has 8 nitrogen and oxygen atoms in total. The summed E-state index contributed by atoms with van der Waals surface area (Å²) < 4.78 is 52.4. The maximum absolute atomic E-state index is 14.3. The number of benzene rings is 2. The number of halogens is 1. The number of rotatable bonds is 6. The van der Waals surface area contributed by atoms with Gasteiger partial charge in [-0.3, -0.25) is 10.1 Å². The fourth-order valence-electron chi connectivity index (χ4n) is 3.37. The highest BCUT2D eigenvalue weighted by molar-refractivity contribution is 7.89. The van der Waals surface area contributed by atoms with Crippen LogP contribution in [0, 0.1) is 15.9 Å². The molecule has 2 aromatic rings. The second-order valence-corrected chi connectivity index (χ2v) is 8.11. The van der Waals surface area contributed by atoms with Gasteiger partial charge in [-0.1, -0.05) is 0 Å². The molecule has 1 unspecified atom stereocenters. The third kappa shape index (κ3) is 3.52. The van der Waals surface area contributed by atoms with Crippen LogP contribution in [0.15, 0.2) is 41.3 Å². The lowest BCUT2D eigenvalue weighted by atomic mass is 10.0. The maximum Gasteiger partial charge on any atom is 0.270 e. The zero-order chi connectivity index (χ0) is 20.5. The van der Waals surface area contributed by atoms with E-state index < -0.39 is 37.4 Å². The van der Waals surface area contributed by atoms with E-state index in [0.717, 1.165) is 22.5 Å². The van der Waals surface area contributed by atoms with E-state index in [4.69, 9.17) is 9.47 Å². The Morgan fingerprint density at radius 1 is 1.18 bits per heavy atom. The molecule has 1 atom stereocenters. The van der Waals surface area contributed by atoms with E-state index in [1.54, 1.807) is 18.2 Å². The molecule has 0 amide bonds. The normalized spacial score (nSPS) is 17.5. The van der Waals surface area contributed by atoms with E-state index in [1.165, 1.54) is 14.2 Å². The van der Waals surface area contributed by atoms with E-state index in [-0.39, 0.29) is 6.54 Å². The number of hydrogen-bond acceptors (Lipinski definition) is 6. The van der Waals surface area contributed by atoms with Gasteiger partial charge in [0.05, 0.1) is 25.2 Å². The van der Waals surface area contributed by atoms with Crippen LogP contribution in [0.25, 0.3) is 0 Å². The quantitative estimate of drug-likeness (QED) is 0.535. The van der Waals surface area contributed by atoms with Gasteiger partial charge in [-0.15, -0.1) is 0 Å². The van der Waals surface area contributed by atoms with Crippen molar-refractivity contribution < 1.29 is 27.2 Å².